The molecule has 0 spiro atoms. The van der Waals surface area contributed by atoms with Gasteiger partial charge in [-0.25, -0.2) is 5.43 Å². The molecule has 1 saturated heterocycles. The fourth-order valence-electron chi connectivity index (χ4n) is 2.62. The number of rotatable bonds is 8. The van der Waals surface area contributed by atoms with Gasteiger partial charge in [-0.2, -0.15) is 5.10 Å². The van der Waals surface area contributed by atoms with Gasteiger partial charge in [0.2, 0.25) is 0 Å². The Morgan fingerprint density at radius 1 is 1.07 bits per heavy atom. The van der Waals surface area contributed by atoms with E-state index >= 15 is 0 Å². The van der Waals surface area contributed by atoms with E-state index in [4.69, 9.17) is 14.2 Å². The van der Waals surface area contributed by atoms with E-state index in [1.165, 1.54) is 6.21 Å². The summed E-state index contributed by atoms with van der Waals surface area (Å²) in [7, 11) is 0. The fourth-order valence-corrected chi connectivity index (χ4v) is 2.99. The lowest BCUT2D eigenvalue weighted by Crippen LogP contribution is -2.42. The zero-order valence-corrected chi connectivity index (χ0v) is 17.8. The molecule has 1 fully saturated rings. The lowest BCUT2D eigenvalue weighted by Gasteiger charge is -2.26. The van der Waals surface area contributed by atoms with Crippen molar-refractivity contribution in [3.63, 3.8) is 0 Å². The molecule has 30 heavy (non-hydrogen) atoms. The van der Waals surface area contributed by atoms with Gasteiger partial charge >= 0.3 is 0 Å². The molecule has 0 aliphatic carbocycles. The van der Waals surface area contributed by atoms with Crippen molar-refractivity contribution in [1.82, 2.24) is 10.3 Å². The smallest absolute Gasteiger partial charge is 0.277 e. The second-order valence-corrected chi connectivity index (χ2v) is 7.31. The molecule has 0 radical (unpaired) electrons. The van der Waals surface area contributed by atoms with E-state index in [1.807, 2.05) is 12.1 Å². The van der Waals surface area contributed by atoms with E-state index in [0.29, 0.717) is 37.8 Å². The average molecular weight is 476 g/mol. The van der Waals surface area contributed by atoms with Gasteiger partial charge in [0.15, 0.2) is 13.2 Å². The Morgan fingerprint density at radius 3 is 2.53 bits per heavy atom. The molecule has 0 atom stereocenters. The molecule has 1 N–H and O–H groups in total. The number of morpholine rings is 1. The van der Waals surface area contributed by atoms with E-state index in [9.17, 15) is 9.59 Å². The Morgan fingerprint density at radius 2 is 1.80 bits per heavy atom. The second kappa shape index (κ2) is 11.3. The molecule has 8 nitrogen and oxygen atoms in total. The summed E-state index contributed by atoms with van der Waals surface area (Å²) in [6, 6.07) is 14.3. The number of hydrogen-bond acceptors (Lipinski definition) is 6. The van der Waals surface area contributed by atoms with Gasteiger partial charge in [0.05, 0.1) is 19.4 Å². The van der Waals surface area contributed by atoms with E-state index in [1.54, 1.807) is 41.3 Å². The van der Waals surface area contributed by atoms with Gasteiger partial charge in [0.25, 0.3) is 11.8 Å². The molecular formula is C21H22BrN3O5. The van der Waals surface area contributed by atoms with Crippen LogP contribution in [0.15, 0.2) is 58.1 Å². The van der Waals surface area contributed by atoms with E-state index in [0.717, 1.165) is 10.0 Å². The lowest BCUT2D eigenvalue weighted by molar-refractivity contribution is -0.137. The molecular weight excluding hydrogens is 454 g/mol. The number of hydrazone groups is 1. The number of ether oxygens (including phenoxy) is 3. The molecule has 0 saturated carbocycles. The first-order chi connectivity index (χ1) is 14.6. The topological polar surface area (TPSA) is 89.5 Å². The molecule has 0 bridgehead atoms. The van der Waals surface area contributed by atoms with Crippen LogP contribution in [-0.4, -0.2) is 62.4 Å². The third-order valence-electron chi connectivity index (χ3n) is 4.18. The monoisotopic (exact) mass is 475 g/mol. The van der Waals surface area contributed by atoms with Gasteiger partial charge in [-0.05, 0) is 48.0 Å². The molecule has 1 heterocycles. The number of carbonyl (C=O) groups excluding carboxylic acids is 2. The van der Waals surface area contributed by atoms with Crippen LogP contribution in [0, 0.1) is 0 Å². The van der Waals surface area contributed by atoms with Crippen LogP contribution in [0.3, 0.4) is 0 Å². The van der Waals surface area contributed by atoms with E-state index in [2.05, 4.69) is 26.5 Å². The third-order valence-corrected chi connectivity index (χ3v) is 4.67. The highest BCUT2D eigenvalue weighted by atomic mass is 79.9. The SMILES string of the molecule is O=C(COc1cccc(Br)c1)N/N=C/c1ccc(OCC(=O)N2CCOCC2)cc1. The first kappa shape index (κ1) is 21.8. The van der Waals surface area contributed by atoms with Gasteiger partial charge < -0.3 is 19.1 Å². The number of nitrogens with one attached hydrogen (secondary N) is 1. The Balaban J connectivity index is 1.38. The summed E-state index contributed by atoms with van der Waals surface area (Å²) in [5, 5.41) is 3.91. The number of carbonyl (C=O) groups is 2. The van der Waals surface area contributed by atoms with Crippen molar-refractivity contribution in [2.24, 2.45) is 5.10 Å². The zero-order chi connectivity index (χ0) is 21.2. The maximum absolute atomic E-state index is 12.1. The largest absolute Gasteiger partial charge is 0.484 e. The van der Waals surface area contributed by atoms with Crippen molar-refractivity contribution in [3.8, 4) is 11.5 Å². The van der Waals surface area contributed by atoms with Crippen LogP contribution in [-0.2, 0) is 14.3 Å². The minimum absolute atomic E-state index is 0.0124. The molecule has 1 aliphatic heterocycles. The van der Waals surface area contributed by atoms with Gasteiger partial charge in [-0.15, -0.1) is 0 Å². The first-order valence-corrected chi connectivity index (χ1v) is 10.2. The number of nitrogens with zero attached hydrogens (tertiary/aromatic N) is 2. The summed E-state index contributed by atoms with van der Waals surface area (Å²) in [6.45, 7) is 2.16. The highest BCUT2D eigenvalue weighted by Crippen LogP contribution is 2.17. The summed E-state index contributed by atoms with van der Waals surface area (Å²) < 4.78 is 17.0. The van der Waals surface area contributed by atoms with Crippen LogP contribution in [0.2, 0.25) is 0 Å². The van der Waals surface area contributed by atoms with Crippen molar-refractivity contribution in [2.75, 3.05) is 39.5 Å². The Labute approximate surface area is 182 Å². The first-order valence-electron chi connectivity index (χ1n) is 9.39. The number of hydrogen-bond donors (Lipinski definition) is 1. The highest BCUT2D eigenvalue weighted by Gasteiger charge is 2.17. The van der Waals surface area contributed by atoms with Crippen LogP contribution >= 0.6 is 15.9 Å². The van der Waals surface area contributed by atoms with Crippen LogP contribution in [0.25, 0.3) is 0 Å². The molecule has 2 aromatic rings. The molecule has 9 heteroatoms. The molecule has 0 unspecified atom stereocenters. The molecule has 2 amide bonds. The quantitative estimate of drug-likeness (QED) is 0.466. The average Bonchev–Trinajstić information content (AvgIpc) is 2.77. The number of halogens is 1. The summed E-state index contributed by atoms with van der Waals surface area (Å²) in [5.74, 6) is 0.746. The summed E-state index contributed by atoms with van der Waals surface area (Å²) in [4.78, 5) is 25.6. The summed E-state index contributed by atoms with van der Waals surface area (Å²) in [5.41, 5.74) is 3.18. The zero-order valence-electron chi connectivity index (χ0n) is 16.3. The minimum Gasteiger partial charge on any atom is -0.484 e. The van der Waals surface area contributed by atoms with Crippen molar-refractivity contribution in [3.05, 3.63) is 58.6 Å². The van der Waals surface area contributed by atoms with Gasteiger partial charge in [-0.1, -0.05) is 22.0 Å². The predicted octanol–water partition coefficient (Wildman–Crippen LogP) is 2.22. The molecule has 2 aromatic carbocycles. The van der Waals surface area contributed by atoms with Gasteiger partial charge in [-0.3, -0.25) is 9.59 Å². The summed E-state index contributed by atoms with van der Waals surface area (Å²) >= 11 is 3.34. The van der Waals surface area contributed by atoms with Crippen molar-refractivity contribution in [2.45, 2.75) is 0 Å². The predicted molar refractivity (Wildman–Crippen MR) is 115 cm³/mol. The van der Waals surface area contributed by atoms with E-state index in [-0.39, 0.29) is 25.0 Å². The maximum Gasteiger partial charge on any atom is 0.277 e. The minimum atomic E-state index is -0.368. The lowest BCUT2D eigenvalue weighted by atomic mass is 10.2. The van der Waals surface area contributed by atoms with Crippen molar-refractivity contribution >= 4 is 34.0 Å². The fraction of sp³-hybridized carbons (Fsp3) is 0.286. The van der Waals surface area contributed by atoms with Crippen molar-refractivity contribution in [1.29, 1.82) is 0 Å². The standard InChI is InChI=1S/C21H22BrN3O5/c22-17-2-1-3-19(12-17)29-14-20(26)24-23-13-16-4-6-18(7-5-16)30-15-21(27)25-8-10-28-11-9-25/h1-7,12-13H,8-11,14-15H2,(H,24,26)/b23-13+. The summed E-state index contributed by atoms with van der Waals surface area (Å²) in [6.07, 6.45) is 1.51. The highest BCUT2D eigenvalue weighted by molar-refractivity contribution is 9.10. The molecule has 158 valence electrons. The number of benzene rings is 2. The van der Waals surface area contributed by atoms with Gasteiger partial charge in [0.1, 0.15) is 11.5 Å². The van der Waals surface area contributed by atoms with Crippen LogP contribution in [0.4, 0.5) is 0 Å². The Hall–Kier alpha value is -2.91. The third kappa shape index (κ3) is 7.16. The molecule has 1 aliphatic rings. The van der Waals surface area contributed by atoms with Gasteiger partial charge in [0, 0.05) is 17.6 Å². The van der Waals surface area contributed by atoms with Crippen LogP contribution in [0.1, 0.15) is 5.56 Å². The second-order valence-electron chi connectivity index (χ2n) is 6.39. The molecule has 0 aromatic heterocycles. The Kier molecular flexibility index (Phi) is 8.22. The Bertz CT molecular complexity index is 882. The van der Waals surface area contributed by atoms with Crippen molar-refractivity contribution < 1.29 is 23.8 Å². The van der Waals surface area contributed by atoms with Crippen LogP contribution < -0.4 is 14.9 Å². The maximum atomic E-state index is 12.1. The van der Waals surface area contributed by atoms with Crippen LogP contribution in [0.5, 0.6) is 11.5 Å². The number of amides is 2. The normalized spacial score (nSPS) is 13.8. The van der Waals surface area contributed by atoms with E-state index < -0.39 is 0 Å². The molecule has 3 rings (SSSR count).